The van der Waals surface area contributed by atoms with Crippen molar-refractivity contribution in [2.45, 2.75) is 52.4 Å². The first kappa shape index (κ1) is 19.3. The quantitative estimate of drug-likeness (QED) is 0.428. The summed E-state index contributed by atoms with van der Waals surface area (Å²) in [5, 5.41) is 0. The van der Waals surface area contributed by atoms with Crippen LogP contribution in [0.1, 0.15) is 57.9 Å². The summed E-state index contributed by atoms with van der Waals surface area (Å²) in [5.41, 5.74) is 1.02. The first-order valence-corrected chi connectivity index (χ1v) is 8.82. The number of nitrogens with zero attached hydrogens (tertiary/aromatic N) is 1. The number of hydrogen-bond acceptors (Lipinski definition) is 2. The fraction of sp³-hybridized carbons (Fsp3) is 0.550. The molecule has 23 heavy (non-hydrogen) atoms. The van der Waals surface area contributed by atoms with Gasteiger partial charge in [0.2, 0.25) is 5.91 Å². The van der Waals surface area contributed by atoms with E-state index in [1.807, 2.05) is 35.2 Å². The molecule has 0 fully saturated rings. The predicted octanol–water partition coefficient (Wildman–Crippen LogP) is 4.92. The van der Waals surface area contributed by atoms with Crippen LogP contribution in [0.4, 0.5) is 0 Å². The third-order valence-corrected chi connectivity index (χ3v) is 3.91. The van der Waals surface area contributed by atoms with E-state index in [4.69, 9.17) is 4.74 Å². The van der Waals surface area contributed by atoms with Gasteiger partial charge in [0.15, 0.2) is 0 Å². The van der Waals surface area contributed by atoms with Gasteiger partial charge >= 0.3 is 0 Å². The third-order valence-electron chi connectivity index (χ3n) is 3.91. The first-order valence-electron chi connectivity index (χ1n) is 8.82. The zero-order valence-electron chi connectivity index (χ0n) is 14.9. The summed E-state index contributed by atoms with van der Waals surface area (Å²) in [6.07, 6.45) is 10.5. The predicted molar refractivity (Wildman–Crippen MR) is 97.7 cm³/mol. The smallest absolute Gasteiger partial charge is 0.246 e. The van der Waals surface area contributed by atoms with Gasteiger partial charge in [0.1, 0.15) is 5.75 Å². The van der Waals surface area contributed by atoms with Gasteiger partial charge in [-0.15, -0.1) is 0 Å². The van der Waals surface area contributed by atoms with Crippen molar-refractivity contribution in [3.05, 3.63) is 35.9 Å². The molecule has 1 rings (SSSR count). The molecule has 0 saturated carbocycles. The maximum absolute atomic E-state index is 12.4. The number of carbonyl (C=O) groups excluding carboxylic acids is 1. The van der Waals surface area contributed by atoms with Crippen LogP contribution in [0.15, 0.2) is 30.3 Å². The second-order valence-electron chi connectivity index (χ2n) is 5.85. The van der Waals surface area contributed by atoms with Crippen molar-refractivity contribution >= 4 is 12.0 Å². The van der Waals surface area contributed by atoms with Gasteiger partial charge in [0, 0.05) is 19.2 Å². The van der Waals surface area contributed by atoms with Crippen LogP contribution in [-0.4, -0.2) is 31.0 Å². The summed E-state index contributed by atoms with van der Waals surface area (Å²) in [6.45, 7) is 6.10. The largest absolute Gasteiger partial charge is 0.497 e. The van der Waals surface area contributed by atoms with Crippen molar-refractivity contribution in [1.29, 1.82) is 0 Å². The van der Waals surface area contributed by atoms with Crippen LogP contribution in [0, 0.1) is 0 Å². The van der Waals surface area contributed by atoms with E-state index in [0.29, 0.717) is 0 Å². The summed E-state index contributed by atoms with van der Waals surface area (Å²) in [4.78, 5) is 14.4. The van der Waals surface area contributed by atoms with E-state index in [1.54, 1.807) is 13.2 Å². The maximum Gasteiger partial charge on any atom is 0.246 e. The second-order valence-corrected chi connectivity index (χ2v) is 5.85. The van der Waals surface area contributed by atoms with Crippen LogP contribution in [0.3, 0.4) is 0 Å². The fourth-order valence-corrected chi connectivity index (χ4v) is 2.43. The number of benzene rings is 1. The zero-order valence-corrected chi connectivity index (χ0v) is 14.9. The highest BCUT2D eigenvalue weighted by Gasteiger charge is 2.09. The lowest BCUT2D eigenvalue weighted by atomic mass is 10.2. The Morgan fingerprint density at radius 3 is 2.04 bits per heavy atom. The molecule has 0 N–H and O–H groups in total. The molecule has 0 aliphatic carbocycles. The highest BCUT2D eigenvalue weighted by molar-refractivity contribution is 5.91. The van der Waals surface area contributed by atoms with Gasteiger partial charge in [-0.25, -0.2) is 0 Å². The highest BCUT2D eigenvalue weighted by atomic mass is 16.5. The van der Waals surface area contributed by atoms with Gasteiger partial charge in [-0.05, 0) is 36.6 Å². The highest BCUT2D eigenvalue weighted by Crippen LogP contribution is 2.12. The molecular weight excluding hydrogens is 286 g/mol. The topological polar surface area (TPSA) is 29.5 Å². The van der Waals surface area contributed by atoms with Crippen LogP contribution >= 0.6 is 0 Å². The number of carbonyl (C=O) groups is 1. The van der Waals surface area contributed by atoms with E-state index in [1.165, 1.54) is 25.7 Å². The minimum atomic E-state index is 0.119. The minimum absolute atomic E-state index is 0.119. The standard InChI is InChI=1S/C20H31NO2/c1-4-6-8-16-21(17-9-7-5-2)20(22)15-12-18-10-13-19(23-3)14-11-18/h10-15H,4-9,16-17H2,1-3H3. The van der Waals surface area contributed by atoms with E-state index in [2.05, 4.69) is 13.8 Å². The first-order chi connectivity index (χ1) is 11.2. The molecule has 0 spiro atoms. The zero-order chi connectivity index (χ0) is 16.9. The van der Waals surface area contributed by atoms with Gasteiger partial charge in [0.25, 0.3) is 0 Å². The summed E-state index contributed by atoms with van der Waals surface area (Å²) < 4.78 is 5.14. The average Bonchev–Trinajstić information content (AvgIpc) is 2.59. The Kier molecular flexibility index (Phi) is 9.85. The summed E-state index contributed by atoms with van der Waals surface area (Å²) in [6, 6.07) is 7.73. The molecule has 0 unspecified atom stereocenters. The van der Waals surface area contributed by atoms with E-state index in [9.17, 15) is 4.79 Å². The molecule has 3 heteroatoms. The minimum Gasteiger partial charge on any atom is -0.497 e. The molecule has 128 valence electrons. The van der Waals surface area contributed by atoms with Gasteiger partial charge in [0.05, 0.1) is 7.11 Å². The Morgan fingerprint density at radius 1 is 1.00 bits per heavy atom. The number of methoxy groups -OCH3 is 1. The van der Waals surface area contributed by atoms with Crippen LogP contribution in [0.5, 0.6) is 5.75 Å². The molecule has 0 radical (unpaired) electrons. The molecule has 0 bridgehead atoms. The molecule has 0 heterocycles. The Labute approximate surface area is 141 Å². The van der Waals surface area contributed by atoms with Crippen molar-refractivity contribution in [2.24, 2.45) is 0 Å². The summed E-state index contributed by atoms with van der Waals surface area (Å²) in [5.74, 6) is 0.947. The molecule has 0 aliphatic heterocycles. The number of amides is 1. The van der Waals surface area contributed by atoms with E-state index < -0.39 is 0 Å². The van der Waals surface area contributed by atoms with Crippen molar-refractivity contribution in [3.63, 3.8) is 0 Å². The number of unbranched alkanes of at least 4 members (excludes halogenated alkanes) is 4. The molecule has 1 aromatic rings. The van der Waals surface area contributed by atoms with Crippen LogP contribution < -0.4 is 4.74 Å². The molecule has 0 aromatic heterocycles. The van der Waals surface area contributed by atoms with Gasteiger partial charge in [-0.2, -0.15) is 0 Å². The van der Waals surface area contributed by atoms with E-state index >= 15 is 0 Å². The van der Waals surface area contributed by atoms with Crippen molar-refractivity contribution in [1.82, 2.24) is 4.90 Å². The van der Waals surface area contributed by atoms with Gasteiger partial charge in [-0.1, -0.05) is 51.7 Å². The van der Waals surface area contributed by atoms with Crippen molar-refractivity contribution < 1.29 is 9.53 Å². The lowest BCUT2D eigenvalue weighted by molar-refractivity contribution is -0.126. The molecule has 3 nitrogen and oxygen atoms in total. The Morgan fingerprint density at radius 2 is 1.57 bits per heavy atom. The van der Waals surface area contributed by atoms with E-state index in [-0.39, 0.29) is 5.91 Å². The molecule has 1 amide bonds. The van der Waals surface area contributed by atoms with Crippen LogP contribution in [0.25, 0.3) is 6.08 Å². The van der Waals surface area contributed by atoms with Crippen molar-refractivity contribution in [3.8, 4) is 5.75 Å². The molecule has 0 saturated heterocycles. The van der Waals surface area contributed by atoms with Crippen LogP contribution in [0.2, 0.25) is 0 Å². The molecule has 0 atom stereocenters. The van der Waals surface area contributed by atoms with Crippen molar-refractivity contribution in [2.75, 3.05) is 20.2 Å². The third kappa shape index (κ3) is 7.87. The average molecular weight is 317 g/mol. The lowest BCUT2D eigenvalue weighted by Gasteiger charge is -2.21. The normalized spacial score (nSPS) is 10.9. The SMILES string of the molecule is CCCCCN(CCCCC)C(=O)C=Cc1ccc(OC)cc1. The summed E-state index contributed by atoms with van der Waals surface area (Å²) in [7, 11) is 1.65. The Balaban J connectivity index is 2.59. The number of rotatable bonds is 11. The molecule has 1 aromatic carbocycles. The maximum atomic E-state index is 12.4. The molecule has 0 aliphatic rings. The summed E-state index contributed by atoms with van der Waals surface area (Å²) >= 11 is 0. The number of ether oxygens (including phenoxy) is 1. The lowest BCUT2D eigenvalue weighted by Crippen LogP contribution is -2.31. The number of hydrogen-bond donors (Lipinski definition) is 0. The monoisotopic (exact) mass is 317 g/mol. The second kappa shape index (κ2) is 11.8. The van der Waals surface area contributed by atoms with Gasteiger partial charge < -0.3 is 9.64 Å². The fourth-order valence-electron chi connectivity index (χ4n) is 2.43. The van der Waals surface area contributed by atoms with Crippen LogP contribution in [-0.2, 0) is 4.79 Å². The van der Waals surface area contributed by atoms with Gasteiger partial charge in [-0.3, -0.25) is 4.79 Å². The molecular formula is C20H31NO2. The Hall–Kier alpha value is -1.77. The van der Waals surface area contributed by atoms with E-state index in [0.717, 1.165) is 37.2 Å². The Bertz CT molecular complexity index is 455.